The summed E-state index contributed by atoms with van der Waals surface area (Å²) in [6, 6.07) is 4.09. The van der Waals surface area contributed by atoms with E-state index in [1.807, 2.05) is 23.9 Å². The van der Waals surface area contributed by atoms with Crippen molar-refractivity contribution in [3.05, 3.63) is 23.9 Å². The Kier molecular flexibility index (Phi) is 4.17. The predicted octanol–water partition coefficient (Wildman–Crippen LogP) is 3.95. The third-order valence-corrected chi connectivity index (χ3v) is 9.14. The number of aromatic nitrogens is 2. The molecule has 4 nitrogen and oxygen atoms in total. The molecular formula is C16H27N3OSi. The predicted molar refractivity (Wildman–Crippen MR) is 92.0 cm³/mol. The molecule has 0 atom stereocenters. The van der Waals surface area contributed by atoms with Crippen molar-refractivity contribution in [1.82, 2.24) is 9.78 Å². The zero-order chi connectivity index (χ0) is 15.8. The second kappa shape index (κ2) is 5.46. The standard InChI is InChI=1S/C16H27N3OSi/c1-12-9-13-11-18-19(15(13)10-14(12)17)7-8-20-21(5,6)16(2,3)4/h9-11H,7-8,17H2,1-6H3. The Hall–Kier alpha value is -1.33. The fraction of sp³-hybridized carbons (Fsp3) is 0.562. The van der Waals surface area contributed by atoms with Crippen molar-refractivity contribution in [3.63, 3.8) is 0 Å². The van der Waals surface area contributed by atoms with Gasteiger partial charge in [-0.2, -0.15) is 5.10 Å². The molecule has 2 aromatic rings. The van der Waals surface area contributed by atoms with Crippen LogP contribution in [0, 0.1) is 6.92 Å². The van der Waals surface area contributed by atoms with Gasteiger partial charge in [0.1, 0.15) is 0 Å². The van der Waals surface area contributed by atoms with Crippen LogP contribution >= 0.6 is 0 Å². The van der Waals surface area contributed by atoms with Gasteiger partial charge in [0.15, 0.2) is 8.32 Å². The topological polar surface area (TPSA) is 53.1 Å². The normalized spacial score (nSPS) is 13.0. The van der Waals surface area contributed by atoms with Crippen LogP contribution in [0.4, 0.5) is 5.69 Å². The maximum atomic E-state index is 6.22. The highest BCUT2D eigenvalue weighted by atomic mass is 28.4. The van der Waals surface area contributed by atoms with Gasteiger partial charge in [-0.3, -0.25) is 4.68 Å². The summed E-state index contributed by atoms with van der Waals surface area (Å²) in [5, 5.41) is 5.83. The highest BCUT2D eigenvalue weighted by molar-refractivity contribution is 6.74. The number of hydrogen-bond donors (Lipinski definition) is 1. The molecule has 2 N–H and O–H groups in total. The SMILES string of the molecule is Cc1cc2cnn(CCO[Si](C)(C)C(C)(C)C)c2cc1N. The molecule has 0 saturated carbocycles. The lowest BCUT2D eigenvalue weighted by molar-refractivity contribution is 0.268. The molecule has 0 amide bonds. The molecule has 0 saturated heterocycles. The molecule has 0 bridgehead atoms. The quantitative estimate of drug-likeness (QED) is 0.687. The molecule has 0 aliphatic carbocycles. The average Bonchev–Trinajstić information content (AvgIpc) is 2.71. The van der Waals surface area contributed by atoms with Gasteiger partial charge in [0.05, 0.1) is 24.9 Å². The average molecular weight is 305 g/mol. The van der Waals surface area contributed by atoms with E-state index in [9.17, 15) is 0 Å². The third kappa shape index (κ3) is 3.30. The van der Waals surface area contributed by atoms with Crippen molar-refractivity contribution in [2.75, 3.05) is 12.3 Å². The number of anilines is 1. The number of rotatable bonds is 4. The summed E-state index contributed by atoms with van der Waals surface area (Å²) in [6.45, 7) is 14.8. The van der Waals surface area contributed by atoms with Gasteiger partial charge in [-0.15, -0.1) is 0 Å². The number of nitrogens with zero attached hydrogens (tertiary/aromatic N) is 2. The maximum absolute atomic E-state index is 6.22. The van der Waals surface area contributed by atoms with Gasteiger partial charge in [-0.25, -0.2) is 0 Å². The summed E-state index contributed by atoms with van der Waals surface area (Å²) < 4.78 is 8.20. The smallest absolute Gasteiger partial charge is 0.192 e. The zero-order valence-electron chi connectivity index (χ0n) is 14.0. The molecule has 1 heterocycles. The Balaban J connectivity index is 2.10. The highest BCUT2D eigenvalue weighted by Crippen LogP contribution is 2.36. The Bertz CT molecular complexity index is 641. The molecule has 5 heteroatoms. The van der Waals surface area contributed by atoms with Gasteiger partial charge in [-0.05, 0) is 42.8 Å². The van der Waals surface area contributed by atoms with Crippen molar-refractivity contribution in [3.8, 4) is 0 Å². The van der Waals surface area contributed by atoms with E-state index in [-0.39, 0.29) is 5.04 Å². The van der Waals surface area contributed by atoms with E-state index in [2.05, 4.69) is 45.0 Å². The van der Waals surface area contributed by atoms with Gasteiger partial charge in [0.2, 0.25) is 0 Å². The largest absolute Gasteiger partial charge is 0.415 e. The van der Waals surface area contributed by atoms with Crippen molar-refractivity contribution < 1.29 is 4.43 Å². The Morgan fingerprint density at radius 1 is 1.29 bits per heavy atom. The van der Waals surface area contributed by atoms with Crippen LogP contribution in [-0.2, 0) is 11.0 Å². The monoisotopic (exact) mass is 305 g/mol. The molecule has 0 fully saturated rings. The second-order valence-electron chi connectivity index (χ2n) is 7.24. The van der Waals surface area contributed by atoms with E-state index in [4.69, 9.17) is 10.2 Å². The first-order valence-electron chi connectivity index (χ1n) is 7.47. The molecule has 116 valence electrons. The van der Waals surface area contributed by atoms with Crippen LogP contribution in [0.1, 0.15) is 26.3 Å². The number of aryl methyl sites for hydroxylation is 1. The van der Waals surface area contributed by atoms with Crippen LogP contribution in [0.3, 0.4) is 0 Å². The zero-order valence-corrected chi connectivity index (χ0v) is 15.0. The molecule has 0 aliphatic rings. The first-order valence-corrected chi connectivity index (χ1v) is 10.4. The van der Waals surface area contributed by atoms with E-state index in [0.29, 0.717) is 6.61 Å². The van der Waals surface area contributed by atoms with Crippen molar-refractivity contribution in [2.45, 2.75) is 52.4 Å². The van der Waals surface area contributed by atoms with Crippen molar-refractivity contribution in [2.24, 2.45) is 0 Å². The van der Waals surface area contributed by atoms with Crippen molar-refractivity contribution >= 4 is 24.9 Å². The summed E-state index contributed by atoms with van der Waals surface area (Å²) in [5.41, 5.74) is 9.00. The Labute approximate surface area is 128 Å². The molecule has 1 aromatic carbocycles. The Morgan fingerprint density at radius 3 is 2.57 bits per heavy atom. The van der Waals surface area contributed by atoms with E-state index < -0.39 is 8.32 Å². The first-order chi connectivity index (χ1) is 9.62. The van der Waals surface area contributed by atoms with E-state index in [1.54, 1.807) is 0 Å². The van der Waals surface area contributed by atoms with Crippen molar-refractivity contribution in [1.29, 1.82) is 0 Å². The van der Waals surface area contributed by atoms with Crippen LogP contribution in [0.15, 0.2) is 18.3 Å². The molecule has 2 rings (SSSR count). The fourth-order valence-corrected chi connectivity index (χ4v) is 3.07. The molecule has 0 aliphatic heterocycles. The van der Waals surface area contributed by atoms with Gasteiger partial charge >= 0.3 is 0 Å². The second-order valence-corrected chi connectivity index (χ2v) is 12.1. The van der Waals surface area contributed by atoms with Crippen LogP contribution < -0.4 is 5.73 Å². The number of fused-ring (bicyclic) bond motifs is 1. The van der Waals surface area contributed by atoms with Gasteiger partial charge < -0.3 is 10.2 Å². The summed E-state index contributed by atoms with van der Waals surface area (Å²) in [6.07, 6.45) is 1.90. The lowest BCUT2D eigenvalue weighted by Crippen LogP contribution is -2.41. The third-order valence-electron chi connectivity index (χ3n) is 4.60. The lowest BCUT2D eigenvalue weighted by atomic mass is 10.1. The minimum Gasteiger partial charge on any atom is -0.415 e. The molecule has 0 unspecified atom stereocenters. The molecule has 0 radical (unpaired) electrons. The number of nitrogens with two attached hydrogens (primary N) is 1. The van der Waals surface area contributed by atoms with Crippen LogP contribution in [-0.4, -0.2) is 24.7 Å². The van der Waals surface area contributed by atoms with Gasteiger partial charge in [0.25, 0.3) is 0 Å². The van der Waals surface area contributed by atoms with Gasteiger partial charge in [0, 0.05) is 11.1 Å². The van der Waals surface area contributed by atoms with E-state index in [0.717, 1.165) is 28.7 Å². The fourth-order valence-electron chi connectivity index (χ4n) is 2.04. The van der Waals surface area contributed by atoms with E-state index >= 15 is 0 Å². The number of benzene rings is 1. The van der Waals surface area contributed by atoms with Crippen LogP contribution in [0.5, 0.6) is 0 Å². The Morgan fingerprint density at radius 2 is 1.95 bits per heavy atom. The summed E-state index contributed by atoms with van der Waals surface area (Å²) in [4.78, 5) is 0. The van der Waals surface area contributed by atoms with Crippen LogP contribution in [0.2, 0.25) is 18.1 Å². The van der Waals surface area contributed by atoms with E-state index in [1.165, 1.54) is 0 Å². The molecule has 1 aromatic heterocycles. The lowest BCUT2D eigenvalue weighted by Gasteiger charge is -2.36. The van der Waals surface area contributed by atoms with Gasteiger partial charge in [-0.1, -0.05) is 20.8 Å². The maximum Gasteiger partial charge on any atom is 0.192 e. The number of hydrogen-bond acceptors (Lipinski definition) is 3. The minimum absolute atomic E-state index is 0.237. The van der Waals surface area contributed by atoms with Crippen LogP contribution in [0.25, 0.3) is 10.9 Å². The summed E-state index contributed by atoms with van der Waals surface area (Å²) in [5.74, 6) is 0. The minimum atomic E-state index is -1.69. The molecule has 21 heavy (non-hydrogen) atoms. The number of nitrogen functional groups attached to an aromatic ring is 1. The first kappa shape index (κ1) is 16.0. The summed E-state index contributed by atoms with van der Waals surface area (Å²) >= 11 is 0. The highest BCUT2D eigenvalue weighted by Gasteiger charge is 2.36. The summed E-state index contributed by atoms with van der Waals surface area (Å²) in [7, 11) is -1.69. The molecule has 0 spiro atoms. The molecular weight excluding hydrogens is 278 g/mol.